The van der Waals surface area contributed by atoms with Crippen LogP contribution in [0.3, 0.4) is 0 Å². The minimum absolute atomic E-state index is 0.108. The highest BCUT2D eigenvalue weighted by Crippen LogP contribution is 2.34. The molecule has 0 amide bonds. The van der Waals surface area contributed by atoms with Crippen LogP contribution in [0.25, 0.3) is 5.57 Å². The Labute approximate surface area is 124 Å². The Bertz CT molecular complexity index is 481. The van der Waals surface area contributed by atoms with Crippen LogP contribution in [0.4, 0.5) is 0 Å². The molecule has 0 aliphatic carbocycles. The van der Waals surface area contributed by atoms with E-state index in [0.29, 0.717) is 6.61 Å². The molecule has 1 saturated heterocycles. The summed E-state index contributed by atoms with van der Waals surface area (Å²) in [5, 5.41) is 0. The van der Waals surface area contributed by atoms with E-state index in [0.717, 1.165) is 36.3 Å². The third-order valence-corrected chi connectivity index (χ3v) is 5.85. The molecule has 3 heteroatoms. The smallest absolute Gasteiger partial charge is 0.0938 e. The van der Waals surface area contributed by atoms with E-state index in [2.05, 4.69) is 26.0 Å². The van der Waals surface area contributed by atoms with E-state index in [9.17, 15) is 4.21 Å². The molecular weight excluding hydrogens is 268 g/mol. The van der Waals surface area contributed by atoms with Crippen molar-refractivity contribution in [2.24, 2.45) is 5.41 Å². The van der Waals surface area contributed by atoms with Gasteiger partial charge >= 0.3 is 0 Å². The molecule has 1 aromatic rings. The SMILES string of the molecule is CCC1(CO/C=C(/C)c2ccccc2)CCCS(=O)C1. The Hall–Kier alpha value is -1.09. The summed E-state index contributed by atoms with van der Waals surface area (Å²) in [6.45, 7) is 4.92. The lowest BCUT2D eigenvalue weighted by atomic mass is 9.83. The average molecular weight is 292 g/mol. The monoisotopic (exact) mass is 292 g/mol. The van der Waals surface area contributed by atoms with Gasteiger partial charge in [0.1, 0.15) is 0 Å². The minimum Gasteiger partial charge on any atom is -0.500 e. The van der Waals surface area contributed by atoms with Gasteiger partial charge in [0.25, 0.3) is 0 Å². The first kappa shape index (κ1) is 15.3. The molecule has 2 rings (SSSR count). The fourth-order valence-electron chi connectivity index (χ4n) is 2.70. The second-order valence-corrected chi connectivity index (χ2v) is 7.30. The lowest BCUT2D eigenvalue weighted by Gasteiger charge is -2.35. The van der Waals surface area contributed by atoms with E-state index in [4.69, 9.17) is 4.74 Å². The summed E-state index contributed by atoms with van der Waals surface area (Å²) < 4.78 is 17.6. The van der Waals surface area contributed by atoms with Gasteiger partial charge in [-0.05, 0) is 37.3 Å². The fourth-order valence-corrected chi connectivity index (χ4v) is 4.43. The van der Waals surface area contributed by atoms with Crippen molar-refractivity contribution in [2.45, 2.75) is 33.1 Å². The number of rotatable bonds is 5. The maximum absolute atomic E-state index is 11.8. The number of hydrogen-bond donors (Lipinski definition) is 0. The lowest BCUT2D eigenvalue weighted by Crippen LogP contribution is -2.36. The van der Waals surface area contributed by atoms with E-state index in [1.807, 2.05) is 24.5 Å². The summed E-state index contributed by atoms with van der Waals surface area (Å²) >= 11 is 0. The predicted molar refractivity (Wildman–Crippen MR) is 85.9 cm³/mol. The number of hydrogen-bond acceptors (Lipinski definition) is 2. The second kappa shape index (κ2) is 7.07. The quantitative estimate of drug-likeness (QED) is 0.767. The maximum Gasteiger partial charge on any atom is 0.0938 e. The molecule has 2 nitrogen and oxygen atoms in total. The zero-order valence-electron chi connectivity index (χ0n) is 12.4. The van der Waals surface area contributed by atoms with Crippen molar-refractivity contribution < 1.29 is 8.95 Å². The van der Waals surface area contributed by atoms with Crippen LogP contribution in [0.2, 0.25) is 0 Å². The molecule has 1 heterocycles. The molecule has 20 heavy (non-hydrogen) atoms. The van der Waals surface area contributed by atoms with E-state index in [1.165, 1.54) is 5.56 Å². The zero-order valence-corrected chi connectivity index (χ0v) is 13.2. The van der Waals surface area contributed by atoms with Gasteiger partial charge < -0.3 is 4.74 Å². The summed E-state index contributed by atoms with van der Waals surface area (Å²) in [4.78, 5) is 0. The third kappa shape index (κ3) is 3.95. The highest BCUT2D eigenvalue weighted by molar-refractivity contribution is 7.85. The molecule has 2 atom stereocenters. The first-order valence-corrected chi connectivity index (χ1v) is 8.83. The van der Waals surface area contributed by atoms with Crippen molar-refractivity contribution in [3.63, 3.8) is 0 Å². The molecule has 0 saturated carbocycles. The number of benzene rings is 1. The normalized spacial score (nSPS) is 27.3. The summed E-state index contributed by atoms with van der Waals surface area (Å²) in [5.74, 6) is 1.66. The van der Waals surface area contributed by atoms with Crippen LogP contribution < -0.4 is 0 Å². The highest BCUT2D eigenvalue weighted by Gasteiger charge is 2.34. The van der Waals surface area contributed by atoms with Gasteiger partial charge in [0.15, 0.2) is 0 Å². The van der Waals surface area contributed by atoms with Gasteiger partial charge in [-0.2, -0.15) is 0 Å². The maximum atomic E-state index is 11.8. The summed E-state index contributed by atoms with van der Waals surface area (Å²) in [7, 11) is -0.660. The lowest BCUT2D eigenvalue weighted by molar-refractivity contribution is 0.111. The standard InChI is InChI=1S/C17H24O2S/c1-3-17(10-7-11-20(18)14-17)13-19-12-15(2)16-8-5-4-6-9-16/h4-6,8-9,12H,3,7,10-11,13-14H2,1-2H3/b15-12-. The van der Waals surface area contributed by atoms with Crippen molar-refractivity contribution >= 4 is 16.4 Å². The highest BCUT2D eigenvalue weighted by atomic mass is 32.2. The third-order valence-electron chi connectivity index (χ3n) is 4.18. The molecule has 0 radical (unpaired) electrons. The van der Waals surface area contributed by atoms with Crippen molar-refractivity contribution in [2.75, 3.05) is 18.1 Å². The zero-order chi connectivity index (χ0) is 14.4. The topological polar surface area (TPSA) is 26.3 Å². The predicted octanol–water partition coefficient (Wildman–Crippen LogP) is 4.00. The van der Waals surface area contributed by atoms with Crippen LogP contribution in [0, 0.1) is 5.41 Å². The molecule has 1 aliphatic rings. The van der Waals surface area contributed by atoms with Crippen molar-refractivity contribution in [3.8, 4) is 0 Å². The molecule has 2 unspecified atom stereocenters. The minimum atomic E-state index is -0.660. The Morgan fingerprint density at radius 3 is 2.80 bits per heavy atom. The fraction of sp³-hybridized carbons (Fsp3) is 0.529. The van der Waals surface area contributed by atoms with Crippen LogP contribution in [-0.2, 0) is 15.5 Å². The van der Waals surface area contributed by atoms with Gasteiger partial charge in [-0.25, -0.2) is 0 Å². The van der Waals surface area contributed by atoms with E-state index in [1.54, 1.807) is 0 Å². The van der Waals surface area contributed by atoms with Gasteiger partial charge in [-0.1, -0.05) is 37.3 Å². The van der Waals surface area contributed by atoms with Gasteiger partial charge in [-0.15, -0.1) is 0 Å². The van der Waals surface area contributed by atoms with E-state index < -0.39 is 10.8 Å². The van der Waals surface area contributed by atoms with E-state index >= 15 is 0 Å². The van der Waals surface area contributed by atoms with Crippen LogP contribution >= 0.6 is 0 Å². The number of allylic oxidation sites excluding steroid dienone is 1. The van der Waals surface area contributed by atoms with Crippen molar-refractivity contribution in [1.29, 1.82) is 0 Å². The molecule has 1 fully saturated rings. The summed E-state index contributed by atoms with van der Waals surface area (Å²) in [6, 6.07) is 10.2. The molecule has 110 valence electrons. The van der Waals surface area contributed by atoms with Crippen molar-refractivity contribution in [3.05, 3.63) is 42.2 Å². The molecular formula is C17H24O2S. The van der Waals surface area contributed by atoms with Gasteiger partial charge in [0.05, 0.1) is 12.9 Å². The molecule has 0 bridgehead atoms. The Kier molecular flexibility index (Phi) is 5.41. The largest absolute Gasteiger partial charge is 0.500 e. The average Bonchev–Trinajstić information content (AvgIpc) is 2.48. The summed E-state index contributed by atoms with van der Waals surface area (Å²) in [5.41, 5.74) is 2.43. The van der Waals surface area contributed by atoms with E-state index in [-0.39, 0.29) is 5.41 Å². The van der Waals surface area contributed by atoms with Crippen LogP contribution in [0.1, 0.15) is 38.7 Å². The van der Waals surface area contributed by atoms with Gasteiger partial charge in [0.2, 0.25) is 0 Å². The molecule has 1 aromatic carbocycles. The van der Waals surface area contributed by atoms with Crippen LogP contribution in [0.5, 0.6) is 0 Å². The van der Waals surface area contributed by atoms with Crippen LogP contribution in [-0.4, -0.2) is 22.3 Å². The Balaban J connectivity index is 1.95. The Morgan fingerprint density at radius 2 is 2.15 bits per heavy atom. The molecule has 0 spiro atoms. The van der Waals surface area contributed by atoms with Crippen LogP contribution in [0.15, 0.2) is 36.6 Å². The first-order chi connectivity index (χ1) is 9.65. The Morgan fingerprint density at radius 1 is 1.40 bits per heavy atom. The first-order valence-electron chi connectivity index (χ1n) is 7.34. The van der Waals surface area contributed by atoms with Gasteiger partial charge in [0, 0.05) is 27.7 Å². The second-order valence-electron chi connectivity index (χ2n) is 5.72. The number of ether oxygens (including phenoxy) is 1. The van der Waals surface area contributed by atoms with Gasteiger partial charge in [-0.3, -0.25) is 4.21 Å². The molecule has 0 aromatic heterocycles. The molecule has 1 aliphatic heterocycles. The molecule has 0 N–H and O–H groups in total. The summed E-state index contributed by atoms with van der Waals surface area (Å²) in [6.07, 6.45) is 5.08. The van der Waals surface area contributed by atoms with Crippen molar-refractivity contribution in [1.82, 2.24) is 0 Å².